The quantitative estimate of drug-likeness (QED) is 0.857. The first kappa shape index (κ1) is 17.7. The molecule has 3 N–H and O–H groups in total. The third-order valence-corrected chi connectivity index (χ3v) is 4.32. The van der Waals surface area contributed by atoms with Gasteiger partial charge >= 0.3 is 0 Å². The monoisotopic (exact) mass is 342 g/mol. The summed E-state index contributed by atoms with van der Waals surface area (Å²) in [5, 5.41) is 3.03. The summed E-state index contributed by atoms with van der Waals surface area (Å²) in [5.74, 6) is -1.35. The first-order valence-electron chi connectivity index (χ1n) is 7.40. The Balaban J connectivity index is 1.98. The molecule has 1 heterocycles. The zero-order valence-corrected chi connectivity index (χ0v) is 13.8. The van der Waals surface area contributed by atoms with E-state index in [1.165, 1.54) is 12.1 Å². The Hall–Kier alpha value is -1.66. The molecule has 0 aromatic heterocycles. The van der Waals surface area contributed by atoms with Crippen LogP contribution in [0.15, 0.2) is 18.2 Å². The zero-order chi connectivity index (χ0) is 17.2. The number of ether oxygens (including phenoxy) is 1. The number of hydrogen-bond acceptors (Lipinski definition) is 3. The van der Waals surface area contributed by atoms with Crippen molar-refractivity contribution in [3.05, 3.63) is 34.6 Å². The van der Waals surface area contributed by atoms with Gasteiger partial charge in [0.25, 0.3) is 0 Å². The molecule has 5 nitrogen and oxygen atoms in total. The Morgan fingerprint density at radius 2 is 2.13 bits per heavy atom. The van der Waals surface area contributed by atoms with Crippen LogP contribution in [0.2, 0.25) is 5.02 Å². The molecule has 2 rings (SSSR count). The van der Waals surface area contributed by atoms with Crippen molar-refractivity contribution < 1.29 is 18.7 Å². The lowest BCUT2D eigenvalue weighted by molar-refractivity contribution is -0.129. The van der Waals surface area contributed by atoms with Crippen molar-refractivity contribution in [3.8, 4) is 0 Å². The predicted molar refractivity (Wildman–Crippen MR) is 84.5 cm³/mol. The molecule has 1 aromatic rings. The summed E-state index contributed by atoms with van der Waals surface area (Å²) >= 11 is 5.74. The average Bonchev–Trinajstić information content (AvgIpc) is 2.93. The minimum absolute atomic E-state index is 0.251. The van der Waals surface area contributed by atoms with Crippen LogP contribution in [0.5, 0.6) is 0 Å². The number of carbonyl (C=O) groups is 2. The Kier molecular flexibility index (Phi) is 5.26. The van der Waals surface area contributed by atoms with E-state index in [0.29, 0.717) is 12.8 Å². The molecule has 1 aliphatic heterocycles. The van der Waals surface area contributed by atoms with E-state index < -0.39 is 23.2 Å². The SMILES string of the molecule is CC(C)(C(=O)NC[C@@H]1CC[C@H](C(N)=O)O1)c1ccc(Cl)cc1F. The van der Waals surface area contributed by atoms with E-state index in [2.05, 4.69) is 5.32 Å². The highest BCUT2D eigenvalue weighted by Crippen LogP contribution is 2.28. The molecule has 2 amide bonds. The van der Waals surface area contributed by atoms with Crippen LogP contribution in [0.4, 0.5) is 4.39 Å². The lowest BCUT2D eigenvalue weighted by Crippen LogP contribution is -2.43. The summed E-state index contributed by atoms with van der Waals surface area (Å²) in [6, 6.07) is 4.24. The number of hydrogen-bond donors (Lipinski definition) is 2. The van der Waals surface area contributed by atoms with Crippen molar-refractivity contribution in [3.63, 3.8) is 0 Å². The fourth-order valence-corrected chi connectivity index (χ4v) is 2.77. The molecule has 2 atom stereocenters. The fraction of sp³-hybridized carbons (Fsp3) is 0.500. The average molecular weight is 343 g/mol. The molecule has 126 valence electrons. The molecule has 1 aliphatic rings. The maximum atomic E-state index is 14.0. The Labute approximate surface area is 139 Å². The number of nitrogens with two attached hydrogens (primary N) is 1. The lowest BCUT2D eigenvalue weighted by Gasteiger charge is -2.25. The summed E-state index contributed by atoms with van der Waals surface area (Å²) in [4.78, 5) is 23.5. The van der Waals surface area contributed by atoms with Gasteiger partial charge in [-0.3, -0.25) is 9.59 Å². The fourth-order valence-electron chi connectivity index (χ4n) is 2.61. The van der Waals surface area contributed by atoms with Crippen LogP contribution in [0.3, 0.4) is 0 Å². The van der Waals surface area contributed by atoms with Gasteiger partial charge in [0.15, 0.2) is 0 Å². The largest absolute Gasteiger partial charge is 0.367 e. The van der Waals surface area contributed by atoms with Crippen molar-refractivity contribution in [2.24, 2.45) is 5.73 Å². The van der Waals surface area contributed by atoms with Crippen molar-refractivity contribution >= 4 is 23.4 Å². The second-order valence-corrected chi connectivity index (χ2v) is 6.62. The van der Waals surface area contributed by atoms with Crippen LogP contribution in [0, 0.1) is 5.82 Å². The molecule has 0 aliphatic carbocycles. The first-order valence-corrected chi connectivity index (χ1v) is 7.78. The Morgan fingerprint density at radius 1 is 1.43 bits per heavy atom. The molecule has 1 saturated heterocycles. The molecule has 0 bridgehead atoms. The van der Waals surface area contributed by atoms with Gasteiger partial charge in [0, 0.05) is 17.1 Å². The van der Waals surface area contributed by atoms with Gasteiger partial charge in [-0.15, -0.1) is 0 Å². The van der Waals surface area contributed by atoms with Gasteiger partial charge in [-0.25, -0.2) is 4.39 Å². The van der Waals surface area contributed by atoms with Gasteiger partial charge in [0.1, 0.15) is 11.9 Å². The van der Waals surface area contributed by atoms with E-state index >= 15 is 0 Å². The van der Waals surface area contributed by atoms with Crippen LogP contribution < -0.4 is 11.1 Å². The topological polar surface area (TPSA) is 81.4 Å². The number of carbonyl (C=O) groups excluding carboxylic acids is 2. The van der Waals surface area contributed by atoms with Crippen molar-refractivity contribution in [1.82, 2.24) is 5.32 Å². The molecule has 0 spiro atoms. The molecule has 1 aromatic carbocycles. The van der Waals surface area contributed by atoms with Crippen molar-refractivity contribution in [2.75, 3.05) is 6.54 Å². The second-order valence-electron chi connectivity index (χ2n) is 6.19. The van der Waals surface area contributed by atoms with Crippen LogP contribution in [-0.2, 0) is 19.7 Å². The molecule has 7 heteroatoms. The summed E-state index contributed by atoms with van der Waals surface area (Å²) in [6.45, 7) is 3.52. The maximum Gasteiger partial charge on any atom is 0.246 e. The number of benzene rings is 1. The number of amides is 2. The number of rotatable bonds is 5. The van der Waals surface area contributed by atoms with Gasteiger partial charge < -0.3 is 15.8 Å². The predicted octanol–water partition coefficient (Wildman–Crippen LogP) is 1.91. The van der Waals surface area contributed by atoms with Crippen LogP contribution in [0.1, 0.15) is 32.3 Å². The highest BCUT2D eigenvalue weighted by molar-refractivity contribution is 6.30. The van der Waals surface area contributed by atoms with Crippen LogP contribution in [0.25, 0.3) is 0 Å². The smallest absolute Gasteiger partial charge is 0.246 e. The van der Waals surface area contributed by atoms with E-state index in [9.17, 15) is 14.0 Å². The number of nitrogens with one attached hydrogen (secondary N) is 1. The highest BCUT2D eigenvalue weighted by atomic mass is 35.5. The molecule has 23 heavy (non-hydrogen) atoms. The number of halogens is 2. The molecule has 0 saturated carbocycles. The van der Waals surface area contributed by atoms with Crippen LogP contribution >= 0.6 is 11.6 Å². The third-order valence-electron chi connectivity index (χ3n) is 4.09. The summed E-state index contributed by atoms with van der Waals surface area (Å²) in [6.07, 6.45) is 0.329. The summed E-state index contributed by atoms with van der Waals surface area (Å²) < 4.78 is 19.5. The minimum atomic E-state index is -1.06. The van der Waals surface area contributed by atoms with E-state index in [4.69, 9.17) is 22.1 Å². The molecule has 0 unspecified atom stereocenters. The maximum absolute atomic E-state index is 14.0. The van der Waals surface area contributed by atoms with Gasteiger partial charge in [-0.2, -0.15) is 0 Å². The van der Waals surface area contributed by atoms with Gasteiger partial charge in [0.2, 0.25) is 11.8 Å². The molecular formula is C16H20ClFN2O3. The van der Waals surface area contributed by atoms with Gasteiger partial charge in [-0.05, 0) is 38.8 Å². The van der Waals surface area contributed by atoms with E-state index in [1.54, 1.807) is 19.9 Å². The zero-order valence-electron chi connectivity index (χ0n) is 13.1. The minimum Gasteiger partial charge on any atom is -0.367 e. The lowest BCUT2D eigenvalue weighted by atomic mass is 9.83. The molecule has 0 radical (unpaired) electrons. The standard InChI is InChI=1S/C16H20ClFN2O3/c1-16(2,11-5-3-9(17)7-12(11)18)15(22)20-8-10-4-6-13(23-10)14(19)21/h3,5,7,10,13H,4,6,8H2,1-2H3,(H2,19,21)(H,20,22)/t10-,13+/m0/s1. The normalized spacial score (nSPS) is 21.2. The Morgan fingerprint density at radius 3 is 2.70 bits per heavy atom. The molecule has 1 fully saturated rings. The third kappa shape index (κ3) is 4.00. The van der Waals surface area contributed by atoms with E-state index in [-0.39, 0.29) is 29.1 Å². The second kappa shape index (κ2) is 6.84. The summed E-state index contributed by atoms with van der Waals surface area (Å²) in [5.41, 5.74) is 4.39. The first-order chi connectivity index (χ1) is 10.7. The number of primary amides is 1. The molecular weight excluding hydrogens is 323 g/mol. The summed E-state index contributed by atoms with van der Waals surface area (Å²) in [7, 11) is 0. The van der Waals surface area contributed by atoms with Gasteiger partial charge in [0.05, 0.1) is 11.5 Å². The highest BCUT2D eigenvalue weighted by Gasteiger charge is 2.34. The van der Waals surface area contributed by atoms with Crippen LogP contribution in [-0.4, -0.2) is 30.6 Å². The van der Waals surface area contributed by atoms with Gasteiger partial charge in [-0.1, -0.05) is 17.7 Å². The van der Waals surface area contributed by atoms with Crippen molar-refractivity contribution in [1.29, 1.82) is 0 Å². The van der Waals surface area contributed by atoms with E-state index in [0.717, 1.165) is 0 Å². The Bertz CT molecular complexity index is 621. The van der Waals surface area contributed by atoms with E-state index in [1.807, 2.05) is 0 Å². The van der Waals surface area contributed by atoms with Crippen molar-refractivity contribution in [2.45, 2.75) is 44.3 Å².